The molecule has 4 rings (SSSR count). The minimum atomic E-state index is 0.0334. The second kappa shape index (κ2) is 9.23. The molecule has 3 heterocycles. The van der Waals surface area contributed by atoms with Crippen LogP contribution in [0.2, 0.25) is 0 Å². The topological polar surface area (TPSA) is 67.3 Å². The largest absolute Gasteiger partial charge is 0.486 e. The number of hydrogen-bond donors (Lipinski definition) is 1. The Labute approximate surface area is 165 Å². The Morgan fingerprint density at radius 2 is 1.89 bits per heavy atom. The van der Waals surface area contributed by atoms with Crippen LogP contribution in [-0.4, -0.2) is 73.6 Å². The van der Waals surface area contributed by atoms with Gasteiger partial charge in [0.1, 0.15) is 18.5 Å². The van der Waals surface area contributed by atoms with E-state index in [4.69, 9.17) is 19.3 Å². The van der Waals surface area contributed by atoms with E-state index in [0.29, 0.717) is 19.8 Å². The van der Waals surface area contributed by atoms with Gasteiger partial charge in [0.15, 0.2) is 11.5 Å². The summed E-state index contributed by atoms with van der Waals surface area (Å²) >= 11 is 0. The first-order valence-electron chi connectivity index (χ1n) is 9.82. The monoisotopic (exact) mass is 385 g/mol. The number of aliphatic hydroxyl groups excluding tert-OH is 1. The molecule has 1 fully saturated rings. The number of ether oxygens (including phenoxy) is 3. The van der Waals surface area contributed by atoms with E-state index < -0.39 is 0 Å². The number of aliphatic hydroxyl groups is 1. The highest BCUT2D eigenvalue weighted by molar-refractivity contribution is 5.47. The Bertz CT molecular complexity index is 765. The number of piperazine rings is 1. The van der Waals surface area contributed by atoms with E-state index in [9.17, 15) is 0 Å². The lowest BCUT2D eigenvalue weighted by atomic mass is 10.2. The standard InChI is InChI=1S/C21H27N3O4/c25-12-13-26-15-17-4-3-7-22-21(17)24-10-8-23(9-11-24)14-18-16-27-19-5-1-2-6-20(19)28-18/h1-7,18,25H,8-16H2/t18-/m0/s1. The summed E-state index contributed by atoms with van der Waals surface area (Å²) in [6, 6.07) is 11.8. The SMILES string of the molecule is OCCOCc1cccnc1N1CCN(C[C@H]2COc3ccccc3O2)CC1. The summed E-state index contributed by atoms with van der Waals surface area (Å²) in [4.78, 5) is 9.29. The summed E-state index contributed by atoms with van der Waals surface area (Å²) in [5.41, 5.74) is 1.06. The number of nitrogens with zero attached hydrogens (tertiary/aromatic N) is 3. The zero-order chi connectivity index (χ0) is 19.2. The van der Waals surface area contributed by atoms with Gasteiger partial charge in [-0.3, -0.25) is 4.90 Å². The van der Waals surface area contributed by atoms with Gasteiger partial charge in [-0.2, -0.15) is 0 Å². The highest BCUT2D eigenvalue weighted by atomic mass is 16.6. The van der Waals surface area contributed by atoms with Gasteiger partial charge >= 0.3 is 0 Å². The lowest BCUT2D eigenvalue weighted by Crippen LogP contribution is -2.51. The molecule has 0 saturated carbocycles. The first-order valence-corrected chi connectivity index (χ1v) is 9.82. The van der Waals surface area contributed by atoms with Gasteiger partial charge in [0.05, 0.1) is 19.8 Å². The molecular formula is C21H27N3O4. The van der Waals surface area contributed by atoms with Crippen molar-refractivity contribution in [3.05, 3.63) is 48.2 Å². The van der Waals surface area contributed by atoms with Crippen LogP contribution in [0.5, 0.6) is 11.5 Å². The first kappa shape index (κ1) is 19.0. The summed E-state index contributed by atoms with van der Waals surface area (Å²) in [5.74, 6) is 2.64. The second-order valence-corrected chi connectivity index (χ2v) is 7.05. The fourth-order valence-electron chi connectivity index (χ4n) is 3.66. The van der Waals surface area contributed by atoms with Crippen molar-refractivity contribution < 1.29 is 19.3 Å². The third-order valence-electron chi connectivity index (χ3n) is 5.06. The van der Waals surface area contributed by atoms with E-state index >= 15 is 0 Å². The van der Waals surface area contributed by atoms with Gasteiger partial charge in [-0.05, 0) is 18.2 Å². The number of para-hydroxylation sites is 2. The molecule has 0 bridgehead atoms. The fourth-order valence-corrected chi connectivity index (χ4v) is 3.66. The van der Waals surface area contributed by atoms with Crippen LogP contribution in [0.25, 0.3) is 0 Å². The van der Waals surface area contributed by atoms with Crippen molar-refractivity contribution >= 4 is 5.82 Å². The van der Waals surface area contributed by atoms with Gasteiger partial charge in [0.2, 0.25) is 0 Å². The van der Waals surface area contributed by atoms with Crippen LogP contribution >= 0.6 is 0 Å². The zero-order valence-electron chi connectivity index (χ0n) is 16.0. The maximum absolute atomic E-state index is 8.90. The van der Waals surface area contributed by atoms with Gasteiger partial charge < -0.3 is 24.2 Å². The van der Waals surface area contributed by atoms with Crippen LogP contribution in [0.4, 0.5) is 5.82 Å². The molecule has 0 spiro atoms. The number of fused-ring (bicyclic) bond motifs is 1. The Morgan fingerprint density at radius 3 is 2.71 bits per heavy atom. The van der Waals surface area contributed by atoms with Gasteiger partial charge in [-0.25, -0.2) is 4.98 Å². The smallest absolute Gasteiger partial charge is 0.161 e. The molecule has 2 aliphatic rings. The molecule has 1 N–H and O–H groups in total. The summed E-state index contributed by atoms with van der Waals surface area (Å²) in [6.07, 6.45) is 1.88. The molecule has 1 aromatic heterocycles. The van der Waals surface area contributed by atoms with E-state index in [1.807, 2.05) is 42.6 Å². The van der Waals surface area contributed by atoms with Crippen molar-refractivity contribution in [3.63, 3.8) is 0 Å². The molecule has 1 atom stereocenters. The first-order chi connectivity index (χ1) is 13.8. The minimum Gasteiger partial charge on any atom is -0.486 e. The molecule has 0 radical (unpaired) electrons. The van der Waals surface area contributed by atoms with Crippen LogP contribution in [0.1, 0.15) is 5.56 Å². The minimum absolute atomic E-state index is 0.0334. The lowest BCUT2D eigenvalue weighted by Gasteiger charge is -2.38. The molecule has 2 aliphatic heterocycles. The molecule has 0 aliphatic carbocycles. The van der Waals surface area contributed by atoms with Crippen LogP contribution in [0.3, 0.4) is 0 Å². The van der Waals surface area contributed by atoms with Crippen LogP contribution in [0.15, 0.2) is 42.6 Å². The Hall–Kier alpha value is -2.35. The van der Waals surface area contributed by atoms with Crippen molar-refractivity contribution in [1.29, 1.82) is 0 Å². The number of pyridine rings is 1. The van der Waals surface area contributed by atoms with Crippen LogP contribution in [-0.2, 0) is 11.3 Å². The van der Waals surface area contributed by atoms with Crippen LogP contribution < -0.4 is 14.4 Å². The average molecular weight is 385 g/mol. The fraction of sp³-hybridized carbons (Fsp3) is 0.476. The molecule has 7 nitrogen and oxygen atoms in total. The van der Waals surface area contributed by atoms with Gasteiger partial charge in [0.25, 0.3) is 0 Å². The number of anilines is 1. The van der Waals surface area contributed by atoms with E-state index in [-0.39, 0.29) is 12.7 Å². The van der Waals surface area contributed by atoms with Crippen molar-refractivity contribution in [2.75, 3.05) is 57.4 Å². The number of hydrogen-bond acceptors (Lipinski definition) is 7. The highest BCUT2D eigenvalue weighted by Crippen LogP contribution is 2.31. The molecule has 1 saturated heterocycles. The third kappa shape index (κ3) is 4.55. The zero-order valence-corrected chi connectivity index (χ0v) is 16.0. The maximum atomic E-state index is 8.90. The Kier molecular flexibility index (Phi) is 6.26. The molecule has 1 aromatic carbocycles. The predicted molar refractivity (Wildman–Crippen MR) is 106 cm³/mol. The second-order valence-electron chi connectivity index (χ2n) is 7.05. The van der Waals surface area contributed by atoms with E-state index in [1.54, 1.807) is 0 Å². The Morgan fingerprint density at radius 1 is 1.07 bits per heavy atom. The van der Waals surface area contributed by atoms with Gasteiger partial charge in [-0.1, -0.05) is 18.2 Å². The summed E-state index contributed by atoms with van der Waals surface area (Å²) in [7, 11) is 0. The molecule has 150 valence electrons. The maximum Gasteiger partial charge on any atom is 0.161 e. The Balaban J connectivity index is 1.30. The van der Waals surface area contributed by atoms with Crippen molar-refractivity contribution in [2.45, 2.75) is 12.7 Å². The number of benzene rings is 1. The molecule has 28 heavy (non-hydrogen) atoms. The van der Waals surface area contributed by atoms with Crippen molar-refractivity contribution in [1.82, 2.24) is 9.88 Å². The molecule has 2 aromatic rings. The average Bonchev–Trinajstić information content (AvgIpc) is 2.75. The van der Waals surface area contributed by atoms with Gasteiger partial charge in [-0.15, -0.1) is 0 Å². The number of aromatic nitrogens is 1. The quantitative estimate of drug-likeness (QED) is 0.726. The summed E-state index contributed by atoms with van der Waals surface area (Å²) in [6.45, 7) is 6.02. The van der Waals surface area contributed by atoms with Crippen molar-refractivity contribution in [2.24, 2.45) is 0 Å². The number of rotatable bonds is 7. The highest BCUT2D eigenvalue weighted by Gasteiger charge is 2.26. The molecular weight excluding hydrogens is 358 g/mol. The predicted octanol–water partition coefficient (Wildman–Crippen LogP) is 1.55. The molecule has 0 amide bonds. The van der Waals surface area contributed by atoms with E-state index in [0.717, 1.165) is 55.6 Å². The normalized spacial score (nSPS) is 19.6. The molecule has 0 unspecified atom stereocenters. The van der Waals surface area contributed by atoms with Crippen LogP contribution in [0, 0.1) is 0 Å². The molecule has 7 heteroatoms. The summed E-state index contributed by atoms with van der Waals surface area (Å²) < 4.78 is 17.4. The van der Waals surface area contributed by atoms with E-state index in [2.05, 4.69) is 14.8 Å². The van der Waals surface area contributed by atoms with E-state index in [1.165, 1.54) is 0 Å². The van der Waals surface area contributed by atoms with Gasteiger partial charge in [0, 0.05) is 44.5 Å². The third-order valence-corrected chi connectivity index (χ3v) is 5.06. The lowest BCUT2D eigenvalue weighted by molar-refractivity contribution is 0.0570. The van der Waals surface area contributed by atoms with Crippen molar-refractivity contribution in [3.8, 4) is 11.5 Å². The summed E-state index contributed by atoms with van der Waals surface area (Å²) in [5, 5.41) is 8.90.